The Morgan fingerprint density at radius 2 is 1.90 bits per heavy atom. The molecular weight excluding hydrogens is 272 g/mol. The summed E-state index contributed by atoms with van der Waals surface area (Å²) in [7, 11) is 0. The van der Waals surface area contributed by atoms with Gasteiger partial charge in [0.1, 0.15) is 0 Å². The zero-order chi connectivity index (χ0) is 16.0. The fourth-order valence-electron chi connectivity index (χ4n) is 1.74. The first kappa shape index (κ1) is 16.7. The number of carbonyl (C=O) groups excluding carboxylic acids is 3. The Morgan fingerprint density at radius 3 is 2.48 bits per heavy atom. The van der Waals surface area contributed by atoms with E-state index in [-0.39, 0.29) is 0 Å². The van der Waals surface area contributed by atoms with Crippen molar-refractivity contribution in [2.45, 2.75) is 33.8 Å². The standard InChI is InChI=1S/C15H20N2O4/c1-5-16-15(20)17-13(18)11(4)21-14(19)12-7-6-9(2)8-10(12)3/h6-8,11H,5H2,1-4H3,(H2,16,17,18,20)/t11-/m0/s1. The number of urea groups is 1. The topological polar surface area (TPSA) is 84.5 Å². The highest BCUT2D eigenvalue weighted by molar-refractivity contribution is 5.98. The Hall–Kier alpha value is -2.37. The van der Waals surface area contributed by atoms with Crippen molar-refractivity contribution in [1.29, 1.82) is 0 Å². The van der Waals surface area contributed by atoms with Gasteiger partial charge in [0.05, 0.1) is 5.56 Å². The lowest BCUT2D eigenvalue weighted by molar-refractivity contribution is -0.127. The second-order valence-corrected chi connectivity index (χ2v) is 4.71. The summed E-state index contributed by atoms with van der Waals surface area (Å²) in [6, 6.07) is 4.69. The molecule has 21 heavy (non-hydrogen) atoms. The average molecular weight is 292 g/mol. The van der Waals surface area contributed by atoms with E-state index >= 15 is 0 Å². The highest BCUT2D eigenvalue weighted by Crippen LogP contribution is 2.12. The Labute approximate surface area is 123 Å². The van der Waals surface area contributed by atoms with Gasteiger partial charge in [0.2, 0.25) is 0 Å². The van der Waals surface area contributed by atoms with Gasteiger partial charge in [0, 0.05) is 6.54 Å². The normalized spacial score (nSPS) is 11.4. The molecule has 6 heteroatoms. The quantitative estimate of drug-likeness (QED) is 0.827. The van der Waals surface area contributed by atoms with Crippen molar-refractivity contribution in [2.75, 3.05) is 6.54 Å². The van der Waals surface area contributed by atoms with Gasteiger partial charge >= 0.3 is 12.0 Å². The van der Waals surface area contributed by atoms with Crippen molar-refractivity contribution in [2.24, 2.45) is 0 Å². The van der Waals surface area contributed by atoms with E-state index in [0.717, 1.165) is 11.1 Å². The van der Waals surface area contributed by atoms with Gasteiger partial charge in [-0.15, -0.1) is 0 Å². The lowest BCUT2D eigenvalue weighted by Gasteiger charge is -2.14. The molecule has 0 aliphatic carbocycles. The number of nitrogens with one attached hydrogen (secondary N) is 2. The summed E-state index contributed by atoms with van der Waals surface area (Å²) in [5.41, 5.74) is 2.21. The van der Waals surface area contributed by atoms with Crippen molar-refractivity contribution in [3.63, 3.8) is 0 Å². The molecule has 0 bridgehead atoms. The molecule has 0 heterocycles. The summed E-state index contributed by atoms with van der Waals surface area (Å²) in [5.74, 6) is -1.26. The number of hydrogen-bond acceptors (Lipinski definition) is 4. The minimum absolute atomic E-state index is 0.399. The number of rotatable bonds is 4. The van der Waals surface area contributed by atoms with Crippen molar-refractivity contribution in [3.8, 4) is 0 Å². The first-order valence-corrected chi connectivity index (χ1v) is 6.72. The number of imide groups is 1. The van der Waals surface area contributed by atoms with Gasteiger partial charge in [0.25, 0.3) is 5.91 Å². The zero-order valence-corrected chi connectivity index (χ0v) is 12.6. The van der Waals surface area contributed by atoms with Crippen LogP contribution in [0.5, 0.6) is 0 Å². The summed E-state index contributed by atoms with van der Waals surface area (Å²) in [5, 5.41) is 4.52. The van der Waals surface area contributed by atoms with Crippen molar-refractivity contribution in [1.82, 2.24) is 10.6 Å². The SMILES string of the molecule is CCNC(=O)NC(=O)[C@H](C)OC(=O)c1ccc(C)cc1C. The third-order valence-electron chi connectivity index (χ3n) is 2.83. The fraction of sp³-hybridized carbons (Fsp3) is 0.400. The van der Waals surface area contributed by atoms with Crippen LogP contribution >= 0.6 is 0 Å². The highest BCUT2D eigenvalue weighted by atomic mass is 16.5. The van der Waals surface area contributed by atoms with E-state index in [1.165, 1.54) is 6.92 Å². The van der Waals surface area contributed by atoms with Gasteiger partial charge in [-0.05, 0) is 39.3 Å². The van der Waals surface area contributed by atoms with Crippen molar-refractivity contribution >= 4 is 17.9 Å². The largest absolute Gasteiger partial charge is 0.449 e. The van der Waals surface area contributed by atoms with E-state index in [2.05, 4.69) is 10.6 Å². The average Bonchev–Trinajstić information content (AvgIpc) is 2.38. The summed E-state index contributed by atoms with van der Waals surface area (Å²) < 4.78 is 5.07. The molecule has 3 amide bonds. The first-order valence-electron chi connectivity index (χ1n) is 6.72. The van der Waals surface area contributed by atoms with Crippen LogP contribution in [-0.4, -0.2) is 30.6 Å². The Bertz CT molecular complexity index is 555. The maximum atomic E-state index is 12.0. The first-order chi connectivity index (χ1) is 9.85. The monoisotopic (exact) mass is 292 g/mol. The molecule has 1 rings (SSSR count). The van der Waals surface area contributed by atoms with Crippen LogP contribution in [0.25, 0.3) is 0 Å². The number of hydrogen-bond donors (Lipinski definition) is 2. The molecule has 2 N–H and O–H groups in total. The van der Waals surface area contributed by atoms with Gasteiger partial charge in [-0.1, -0.05) is 17.7 Å². The summed E-state index contributed by atoms with van der Waals surface area (Å²) in [6.45, 7) is 7.26. The van der Waals surface area contributed by atoms with E-state index in [9.17, 15) is 14.4 Å². The lowest BCUT2D eigenvalue weighted by atomic mass is 10.1. The van der Waals surface area contributed by atoms with Crippen LogP contribution in [0.4, 0.5) is 4.79 Å². The molecule has 0 saturated heterocycles. The molecule has 0 spiro atoms. The zero-order valence-electron chi connectivity index (χ0n) is 12.6. The summed E-state index contributed by atoms with van der Waals surface area (Å²) >= 11 is 0. The number of ether oxygens (including phenoxy) is 1. The lowest BCUT2D eigenvalue weighted by Crippen LogP contribution is -2.44. The Balaban J connectivity index is 2.65. The molecular formula is C15H20N2O4. The maximum absolute atomic E-state index is 12.0. The molecule has 0 saturated carbocycles. The Kier molecular flexibility index (Phi) is 5.90. The van der Waals surface area contributed by atoms with E-state index in [1.54, 1.807) is 26.0 Å². The second-order valence-electron chi connectivity index (χ2n) is 4.71. The number of carbonyl (C=O) groups is 3. The van der Waals surface area contributed by atoms with Crippen LogP contribution in [0, 0.1) is 13.8 Å². The smallest absolute Gasteiger partial charge is 0.339 e. The molecule has 0 aromatic heterocycles. The van der Waals surface area contributed by atoms with Gasteiger partial charge in [-0.3, -0.25) is 10.1 Å². The Morgan fingerprint density at radius 1 is 1.24 bits per heavy atom. The van der Waals surface area contributed by atoms with E-state index < -0.39 is 24.0 Å². The third kappa shape index (κ3) is 4.91. The minimum Gasteiger partial charge on any atom is -0.449 e. The number of benzene rings is 1. The predicted octanol–water partition coefficient (Wildman–Crippen LogP) is 1.69. The van der Waals surface area contributed by atoms with Crippen LogP contribution in [0.1, 0.15) is 35.3 Å². The highest BCUT2D eigenvalue weighted by Gasteiger charge is 2.21. The number of aryl methyl sites for hydroxylation is 2. The number of amides is 3. The minimum atomic E-state index is -1.05. The van der Waals surface area contributed by atoms with E-state index in [4.69, 9.17) is 4.74 Å². The van der Waals surface area contributed by atoms with Crippen molar-refractivity contribution < 1.29 is 19.1 Å². The molecule has 1 aromatic rings. The second kappa shape index (κ2) is 7.42. The van der Waals surface area contributed by atoms with Crippen LogP contribution in [0.3, 0.4) is 0 Å². The van der Waals surface area contributed by atoms with Gasteiger partial charge < -0.3 is 10.1 Å². The van der Waals surface area contributed by atoms with Crippen LogP contribution in [-0.2, 0) is 9.53 Å². The molecule has 0 aliphatic rings. The summed E-state index contributed by atoms with van der Waals surface area (Å²) in [4.78, 5) is 34.9. The molecule has 0 aliphatic heterocycles. The third-order valence-corrected chi connectivity index (χ3v) is 2.83. The number of esters is 1. The van der Waals surface area contributed by atoms with Gasteiger partial charge in [-0.2, -0.15) is 0 Å². The predicted molar refractivity (Wildman–Crippen MR) is 78.0 cm³/mol. The molecule has 0 radical (unpaired) electrons. The summed E-state index contributed by atoms with van der Waals surface area (Å²) in [6.07, 6.45) is -1.05. The van der Waals surface area contributed by atoms with Crippen LogP contribution in [0.2, 0.25) is 0 Å². The molecule has 1 aromatic carbocycles. The van der Waals surface area contributed by atoms with Crippen LogP contribution < -0.4 is 10.6 Å². The fourth-order valence-corrected chi connectivity index (χ4v) is 1.74. The van der Waals surface area contributed by atoms with Gasteiger partial charge in [0.15, 0.2) is 6.10 Å². The van der Waals surface area contributed by atoms with Crippen molar-refractivity contribution in [3.05, 3.63) is 34.9 Å². The molecule has 1 atom stereocenters. The molecule has 0 unspecified atom stereocenters. The van der Waals surface area contributed by atoms with E-state index in [0.29, 0.717) is 12.1 Å². The molecule has 114 valence electrons. The molecule has 0 fully saturated rings. The maximum Gasteiger partial charge on any atom is 0.339 e. The van der Waals surface area contributed by atoms with Crippen LogP contribution in [0.15, 0.2) is 18.2 Å². The van der Waals surface area contributed by atoms with E-state index in [1.807, 2.05) is 13.0 Å². The molecule has 6 nitrogen and oxygen atoms in total. The van der Waals surface area contributed by atoms with Gasteiger partial charge in [-0.25, -0.2) is 9.59 Å².